The molecule has 3 heterocycles. The molecule has 0 bridgehead atoms. The molecule has 2 aliphatic rings. The topological polar surface area (TPSA) is 54.3 Å². The molecule has 2 fully saturated rings. The van der Waals surface area contributed by atoms with Gasteiger partial charge >= 0.3 is 0 Å². The van der Waals surface area contributed by atoms with Crippen molar-refractivity contribution in [3.8, 4) is 0 Å². The molecule has 0 spiro atoms. The molecule has 1 saturated heterocycles. The second-order valence-electron chi connectivity index (χ2n) is 7.05. The van der Waals surface area contributed by atoms with Crippen molar-refractivity contribution in [1.29, 1.82) is 0 Å². The van der Waals surface area contributed by atoms with Crippen molar-refractivity contribution in [2.45, 2.75) is 31.3 Å². The van der Waals surface area contributed by atoms with E-state index in [1.807, 2.05) is 12.3 Å². The molecule has 0 aromatic carbocycles. The average Bonchev–Trinajstić information content (AvgIpc) is 3.35. The van der Waals surface area contributed by atoms with Crippen molar-refractivity contribution in [2.75, 3.05) is 25.0 Å². The first-order chi connectivity index (χ1) is 11.6. The van der Waals surface area contributed by atoms with Crippen molar-refractivity contribution in [3.63, 3.8) is 0 Å². The molecule has 0 amide bonds. The largest absolute Gasteiger partial charge is 0.352 e. The highest BCUT2D eigenvalue weighted by Crippen LogP contribution is 2.38. The molecule has 0 N–H and O–H groups in total. The Morgan fingerprint density at radius 3 is 2.62 bits per heavy atom. The van der Waals surface area contributed by atoms with E-state index >= 15 is 0 Å². The van der Waals surface area contributed by atoms with Crippen LogP contribution in [-0.4, -0.2) is 45.8 Å². The van der Waals surface area contributed by atoms with Crippen LogP contribution in [0.2, 0.25) is 0 Å². The minimum Gasteiger partial charge on any atom is -0.352 e. The number of hydrogen-bond acceptors (Lipinski definition) is 5. The summed E-state index contributed by atoms with van der Waals surface area (Å²) >= 11 is 0. The minimum absolute atomic E-state index is 0.0437. The Labute approximate surface area is 141 Å². The van der Waals surface area contributed by atoms with Crippen LogP contribution in [0.15, 0.2) is 35.3 Å². The molecule has 6 nitrogen and oxygen atoms in total. The molecule has 24 heavy (non-hydrogen) atoms. The van der Waals surface area contributed by atoms with Crippen molar-refractivity contribution in [1.82, 2.24) is 19.7 Å². The number of aromatic nitrogens is 3. The van der Waals surface area contributed by atoms with Gasteiger partial charge in [-0.3, -0.25) is 9.69 Å². The Bertz CT molecular complexity index is 775. The Hall–Kier alpha value is -2.21. The molecule has 0 unspecified atom stereocenters. The number of rotatable bonds is 5. The third kappa shape index (κ3) is 3.06. The first-order valence-electron chi connectivity index (χ1n) is 8.54. The van der Waals surface area contributed by atoms with Crippen LogP contribution in [0.5, 0.6) is 0 Å². The van der Waals surface area contributed by atoms with Crippen LogP contribution >= 0.6 is 0 Å². The van der Waals surface area contributed by atoms with Crippen LogP contribution in [0.25, 0.3) is 0 Å². The van der Waals surface area contributed by atoms with Gasteiger partial charge < -0.3 is 9.47 Å². The van der Waals surface area contributed by atoms with Crippen LogP contribution in [0.4, 0.5) is 5.82 Å². The second-order valence-corrected chi connectivity index (χ2v) is 7.05. The van der Waals surface area contributed by atoms with E-state index in [0.29, 0.717) is 12.0 Å². The molecule has 0 atom stereocenters. The van der Waals surface area contributed by atoms with E-state index in [-0.39, 0.29) is 5.56 Å². The maximum Gasteiger partial charge on any atom is 0.250 e. The summed E-state index contributed by atoms with van der Waals surface area (Å²) in [6.45, 7) is 2.71. The number of hydrogen-bond donors (Lipinski definition) is 0. The lowest BCUT2D eigenvalue weighted by atomic mass is 10.1. The Kier molecular flexibility index (Phi) is 3.84. The van der Waals surface area contributed by atoms with E-state index in [2.05, 4.69) is 39.2 Å². The summed E-state index contributed by atoms with van der Waals surface area (Å²) in [5.74, 6) is 1.62. The van der Waals surface area contributed by atoms with Crippen LogP contribution < -0.4 is 10.5 Å². The summed E-state index contributed by atoms with van der Waals surface area (Å²) in [6, 6.07) is 8.43. The third-order valence-corrected chi connectivity index (χ3v) is 5.08. The normalized spacial score (nSPS) is 18.0. The summed E-state index contributed by atoms with van der Waals surface area (Å²) in [4.78, 5) is 16.3. The summed E-state index contributed by atoms with van der Waals surface area (Å²) in [5, 5.41) is 8.73. The highest BCUT2D eigenvalue weighted by molar-refractivity contribution is 5.42. The zero-order chi connectivity index (χ0) is 16.7. The van der Waals surface area contributed by atoms with Crippen LogP contribution in [0.3, 0.4) is 0 Å². The fourth-order valence-electron chi connectivity index (χ4n) is 3.13. The summed E-state index contributed by atoms with van der Waals surface area (Å²) in [7, 11) is 3.89. The monoisotopic (exact) mass is 325 g/mol. The van der Waals surface area contributed by atoms with Crippen LogP contribution in [0.1, 0.15) is 30.0 Å². The van der Waals surface area contributed by atoms with E-state index in [4.69, 9.17) is 0 Å². The van der Waals surface area contributed by atoms with Gasteiger partial charge in [0.05, 0.1) is 5.69 Å². The summed E-state index contributed by atoms with van der Waals surface area (Å²) in [6.07, 6.45) is 4.34. The van der Waals surface area contributed by atoms with E-state index in [9.17, 15) is 4.79 Å². The predicted octanol–water partition coefficient (Wildman–Crippen LogP) is 1.37. The maximum atomic E-state index is 11.7. The molecule has 1 saturated carbocycles. The van der Waals surface area contributed by atoms with Gasteiger partial charge in [0.15, 0.2) is 5.82 Å². The van der Waals surface area contributed by atoms with Crippen molar-refractivity contribution >= 4 is 5.82 Å². The molecule has 1 aliphatic carbocycles. The highest BCUT2D eigenvalue weighted by atomic mass is 16.1. The number of aryl methyl sites for hydroxylation is 1. The van der Waals surface area contributed by atoms with Gasteiger partial charge in [-0.15, -0.1) is 5.10 Å². The zero-order valence-electron chi connectivity index (χ0n) is 14.2. The van der Waals surface area contributed by atoms with Gasteiger partial charge in [-0.05, 0) is 43.7 Å². The fourth-order valence-corrected chi connectivity index (χ4v) is 3.13. The molecule has 1 aliphatic heterocycles. The molecule has 6 heteroatoms. The predicted molar refractivity (Wildman–Crippen MR) is 93.2 cm³/mol. The standard InChI is InChI=1S/C18H23N5O/c1-21-8-7-13(9-18(21)24)10-22(2)15-11-23(12-15)17-6-5-16(19-20-17)14-3-4-14/h5-9,14-15H,3-4,10-12H2,1-2H3. The molecule has 0 radical (unpaired) electrons. The average molecular weight is 325 g/mol. The van der Waals surface area contributed by atoms with Gasteiger partial charge in [0.25, 0.3) is 5.56 Å². The van der Waals surface area contributed by atoms with E-state index < -0.39 is 0 Å². The molecular formula is C18H23N5O. The smallest absolute Gasteiger partial charge is 0.250 e. The highest BCUT2D eigenvalue weighted by Gasteiger charge is 2.32. The molecular weight excluding hydrogens is 302 g/mol. The lowest BCUT2D eigenvalue weighted by Gasteiger charge is -2.44. The lowest BCUT2D eigenvalue weighted by Crippen LogP contribution is -2.58. The number of pyridine rings is 1. The number of anilines is 1. The zero-order valence-corrected chi connectivity index (χ0v) is 14.2. The second kappa shape index (κ2) is 6.02. The first-order valence-corrected chi connectivity index (χ1v) is 8.54. The quantitative estimate of drug-likeness (QED) is 0.831. The van der Waals surface area contributed by atoms with Crippen molar-refractivity contribution in [2.24, 2.45) is 7.05 Å². The number of likely N-dealkylation sites (N-methyl/N-ethyl adjacent to an activating group) is 1. The fraction of sp³-hybridized carbons (Fsp3) is 0.500. The summed E-state index contributed by atoms with van der Waals surface area (Å²) < 4.78 is 1.60. The molecule has 4 rings (SSSR count). The lowest BCUT2D eigenvalue weighted by molar-refractivity contribution is 0.196. The van der Waals surface area contributed by atoms with Gasteiger partial charge in [0.1, 0.15) is 0 Å². The van der Waals surface area contributed by atoms with Crippen molar-refractivity contribution in [3.05, 3.63) is 52.1 Å². The van der Waals surface area contributed by atoms with Crippen molar-refractivity contribution < 1.29 is 0 Å². The van der Waals surface area contributed by atoms with E-state index in [1.165, 1.54) is 12.8 Å². The van der Waals surface area contributed by atoms with Gasteiger partial charge in [-0.25, -0.2) is 0 Å². The van der Waals surface area contributed by atoms with E-state index in [0.717, 1.165) is 36.7 Å². The van der Waals surface area contributed by atoms with Crippen LogP contribution in [0, 0.1) is 0 Å². The summed E-state index contributed by atoms with van der Waals surface area (Å²) in [5.41, 5.74) is 2.24. The number of nitrogens with zero attached hydrogens (tertiary/aromatic N) is 5. The van der Waals surface area contributed by atoms with E-state index in [1.54, 1.807) is 17.7 Å². The molecule has 2 aromatic rings. The third-order valence-electron chi connectivity index (χ3n) is 5.08. The molecule has 126 valence electrons. The Morgan fingerprint density at radius 2 is 2.00 bits per heavy atom. The Morgan fingerprint density at radius 1 is 1.21 bits per heavy atom. The van der Waals surface area contributed by atoms with Gasteiger partial charge in [-0.2, -0.15) is 5.10 Å². The van der Waals surface area contributed by atoms with Gasteiger partial charge in [0, 0.05) is 50.9 Å². The maximum absolute atomic E-state index is 11.7. The van der Waals surface area contributed by atoms with Crippen LogP contribution in [-0.2, 0) is 13.6 Å². The first kappa shape index (κ1) is 15.3. The Balaban J connectivity index is 1.32. The minimum atomic E-state index is 0.0437. The van der Waals surface area contributed by atoms with Gasteiger partial charge in [0.2, 0.25) is 0 Å². The molecule has 2 aromatic heterocycles. The SMILES string of the molecule is CN(Cc1ccn(C)c(=O)c1)C1CN(c2ccc(C3CC3)nn2)C1. The van der Waals surface area contributed by atoms with Gasteiger partial charge in [-0.1, -0.05) is 0 Å².